The smallest absolute Gasteiger partial charge is 0.133 e. The minimum Gasteiger partial charge on any atom is -0.368 e. The molecular formula is C22H30FN3Si. The van der Waals surface area contributed by atoms with Gasteiger partial charge in [0.1, 0.15) is 11.6 Å². The van der Waals surface area contributed by atoms with Gasteiger partial charge in [-0.3, -0.25) is 0 Å². The monoisotopic (exact) mass is 383 g/mol. The Morgan fingerprint density at radius 2 is 1.85 bits per heavy atom. The van der Waals surface area contributed by atoms with E-state index in [1.807, 2.05) is 24.4 Å². The highest BCUT2D eigenvalue weighted by molar-refractivity contribution is 6.81. The van der Waals surface area contributed by atoms with E-state index in [0.717, 1.165) is 35.6 Å². The van der Waals surface area contributed by atoms with Crippen molar-refractivity contribution in [2.24, 2.45) is 0 Å². The minimum atomic E-state index is -1.49. The number of halogens is 1. The van der Waals surface area contributed by atoms with Gasteiger partial charge >= 0.3 is 0 Å². The molecule has 0 amide bonds. The second-order valence-electron chi connectivity index (χ2n) is 8.31. The first-order valence-corrected chi connectivity index (χ1v) is 13.4. The highest BCUT2D eigenvalue weighted by Crippen LogP contribution is 2.30. The summed E-state index contributed by atoms with van der Waals surface area (Å²) in [5.74, 6) is 0.701. The highest BCUT2D eigenvalue weighted by atomic mass is 28.3. The summed E-state index contributed by atoms with van der Waals surface area (Å²) in [5, 5.41) is 3.54. The zero-order valence-electron chi connectivity index (χ0n) is 16.6. The van der Waals surface area contributed by atoms with Crippen LogP contribution in [0.2, 0.25) is 19.6 Å². The molecule has 144 valence electrons. The number of nitrogens with one attached hydrogen (secondary N) is 1. The van der Waals surface area contributed by atoms with E-state index in [9.17, 15) is 4.39 Å². The maximum absolute atomic E-state index is 13.4. The third kappa shape index (κ3) is 5.74. The normalized spacial score (nSPS) is 15.9. The summed E-state index contributed by atoms with van der Waals surface area (Å²) < 4.78 is 13.4. The van der Waals surface area contributed by atoms with Gasteiger partial charge in [-0.15, -0.1) is 0 Å². The fourth-order valence-electron chi connectivity index (χ4n) is 3.48. The molecule has 0 spiro atoms. The minimum absolute atomic E-state index is 0.207. The van der Waals surface area contributed by atoms with E-state index >= 15 is 0 Å². The highest BCUT2D eigenvalue weighted by Gasteiger charge is 2.17. The van der Waals surface area contributed by atoms with Crippen LogP contribution in [0.4, 0.5) is 10.2 Å². The maximum Gasteiger partial charge on any atom is 0.133 e. The molecule has 2 aromatic rings. The second kappa shape index (κ2) is 8.80. The number of rotatable bonds is 7. The van der Waals surface area contributed by atoms with E-state index in [2.05, 4.69) is 46.6 Å². The number of pyridine rings is 1. The number of likely N-dealkylation sites (tertiary alicyclic amines) is 1. The molecule has 0 aliphatic carbocycles. The van der Waals surface area contributed by atoms with Crippen molar-refractivity contribution in [1.29, 1.82) is 0 Å². The van der Waals surface area contributed by atoms with E-state index in [1.165, 1.54) is 38.1 Å². The van der Waals surface area contributed by atoms with Crippen molar-refractivity contribution in [3.05, 3.63) is 65.2 Å². The molecule has 0 atom stereocenters. The molecule has 3 rings (SSSR count). The molecule has 1 fully saturated rings. The Balaban J connectivity index is 1.87. The molecule has 1 aliphatic heterocycles. The number of nitrogens with zero attached hydrogens (tertiary/aromatic N) is 2. The zero-order valence-corrected chi connectivity index (χ0v) is 17.6. The van der Waals surface area contributed by atoms with Crippen LogP contribution in [-0.2, 0) is 0 Å². The summed E-state index contributed by atoms with van der Waals surface area (Å²) in [6.07, 6.45) is 4.45. The molecule has 1 N–H and O–H groups in total. The van der Waals surface area contributed by atoms with Crippen LogP contribution < -0.4 is 5.32 Å². The Hall–Kier alpha value is -1.98. The van der Waals surface area contributed by atoms with Gasteiger partial charge in [-0.2, -0.15) is 0 Å². The number of hydrogen-bond acceptors (Lipinski definition) is 3. The number of benzene rings is 1. The van der Waals surface area contributed by atoms with Crippen LogP contribution in [0.25, 0.3) is 5.57 Å². The molecule has 3 nitrogen and oxygen atoms in total. The summed E-state index contributed by atoms with van der Waals surface area (Å²) in [6, 6.07) is 10.9. The van der Waals surface area contributed by atoms with Crippen molar-refractivity contribution in [3.63, 3.8) is 0 Å². The molecular weight excluding hydrogens is 353 g/mol. The molecule has 0 saturated carbocycles. The van der Waals surface area contributed by atoms with Crippen molar-refractivity contribution in [3.8, 4) is 0 Å². The molecule has 0 radical (unpaired) electrons. The summed E-state index contributed by atoms with van der Waals surface area (Å²) in [5.41, 5.74) is 5.65. The lowest BCUT2D eigenvalue weighted by Gasteiger charge is -2.20. The van der Waals surface area contributed by atoms with E-state index in [1.54, 1.807) is 0 Å². The third-order valence-corrected chi connectivity index (χ3v) is 5.90. The SMILES string of the molecule is C[Si](C)(C)C=C(c1ccc(F)cc1)c1cccnc1NCCN1CCCC1. The van der Waals surface area contributed by atoms with Crippen molar-refractivity contribution < 1.29 is 4.39 Å². The molecule has 1 aromatic carbocycles. The first kappa shape index (κ1) is 19.8. The topological polar surface area (TPSA) is 28.2 Å². The van der Waals surface area contributed by atoms with Gasteiger partial charge in [-0.1, -0.05) is 37.5 Å². The summed E-state index contributed by atoms with van der Waals surface area (Å²) in [6.45, 7) is 11.3. The first-order valence-electron chi connectivity index (χ1n) is 9.83. The second-order valence-corrected chi connectivity index (χ2v) is 13.3. The van der Waals surface area contributed by atoms with Gasteiger partial charge < -0.3 is 10.2 Å². The standard InChI is InChI=1S/C22H30FN3Si/c1-27(2,3)17-21(18-8-10-19(23)11-9-18)20-7-6-12-24-22(20)25-13-16-26-14-4-5-15-26/h6-12,17H,4-5,13-16H2,1-3H3,(H,24,25). The van der Waals surface area contributed by atoms with Crippen molar-refractivity contribution in [1.82, 2.24) is 9.88 Å². The fraction of sp³-hybridized carbons (Fsp3) is 0.409. The Kier molecular flexibility index (Phi) is 6.45. The Bertz CT molecular complexity index is 775. The van der Waals surface area contributed by atoms with Gasteiger partial charge in [0.15, 0.2) is 0 Å². The lowest BCUT2D eigenvalue weighted by atomic mass is 10.00. The van der Waals surface area contributed by atoms with Crippen LogP contribution in [0.5, 0.6) is 0 Å². The summed E-state index contributed by atoms with van der Waals surface area (Å²) in [7, 11) is -1.49. The summed E-state index contributed by atoms with van der Waals surface area (Å²) in [4.78, 5) is 7.10. The molecule has 27 heavy (non-hydrogen) atoms. The molecule has 1 saturated heterocycles. The van der Waals surface area contributed by atoms with E-state index in [-0.39, 0.29) is 5.82 Å². The molecule has 2 heterocycles. The Labute approximate surface area is 163 Å². The Morgan fingerprint density at radius 3 is 2.52 bits per heavy atom. The zero-order chi connectivity index (χ0) is 19.3. The van der Waals surface area contributed by atoms with Crippen molar-refractivity contribution in [2.75, 3.05) is 31.5 Å². The number of hydrogen-bond donors (Lipinski definition) is 1. The Morgan fingerprint density at radius 1 is 1.15 bits per heavy atom. The largest absolute Gasteiger partial charge is 0.368 e. The van der Waals surface area contributed by atoms with Crippen molar-refractivity contribution >= 4 is 19.5 Å². The number of anilines is 1. The van der Waals surface area contributed by atoms with Gasteiger partial charge in [0.05, 0.1) is 8.07 Å². The number of aromatic nitrogens is 1. The van der Waals surface area contributed by atoms with Crippen LogP contribution in [0, 0.1) is 5.82 Å². The predicted octanol–water partition coefficient (Wildman–Crippen LogP) is 5.04. The van der Waals surface area contributed by atoms with Gasteiger partial charge in [0.25, 0.3) is 0 Å². The molecule has 0 bridgehead atoms. The quantitative estimate of drug-likeness (QED) is 0.679. The lowest BCUT2D eigenvalue weighted by Crippen LogP contribution is -2.26. The van der Waals surface area contributed by atoms with Crippen LogP contribution in [0.1, 0.15) is 24.0 Å². The average Bonchev–Trinajstić information content (AvgIpc) is 3.14. The van der Waals surface area contributed by atoms with E-state index < -0.39 is 8.07 Å². The van der Waals surface area contributed by atoms with E-state index in [0.29, 0.717) is 0 Å². The third-order valence-electron chi connectivity index (χ3n) is 4.75. The lowest BCUT2D eigenvalue weighted by molar-refractivity contribution is 0.352. The molecule has 1 aliphatic rings. The summed E-state index contributed by atoms with van der Waals surface area (Å²) >= 11 is 0. The van der Waals surface area contributed by atoms with Gasteiger partial charge in [-0.05, 0) is 61.3 Å². The fourth-order valence-corrected chi connectivity index (χ4v) is 4.67. The van der Waals surface area contributed by atoms with Crippen LogP contribution >= 0.6 is 0 Å². The van der Waals surface area contributed by atoms with E-state index in [4.69, 9.17) is 0 Å². The van der Waals surface area contributed by atoms with Gasteiger partial charge in [-0.25, -0.2) is 9.37 Å². The van der Waals surface area contributed by atoms with Gasteiger partial charge in [0.2, 0.25) is 0 Å². The maximum atomic E-state index is 13.4. The van der Waals surface area contributed by atoms with Crippen LogP contribution in [-0.4, -0.2) is 44.1 Å². The molecule has 0 unspecified atom stereocenters. The van der Waals surface area contributed by atoms with Crippen LogP contribution in [0.3, 0.4) is 0 Å². The first-order chi connectivity index (χ1) is 12.9. The molecule has 5 heteroatoms. The van der Waals surface area contributed by atoms with Crippen LogP contribution in [0.15, 0.2) is 48.3 Å². The van der Waals surface area contributed by atoms with Gasteiger partial charge in [0, 0.05) is 24.8 Å². The van der Waals surface area contributed by atoms with Crippen molar-refractivity contribution in [2.45, 2.75) is 32.5 Å². The predicted molar refractivity (Wildman–Crippen MR) is 115 cm³/mol. The molecule has 1 aromatic heterocycles. The average molecular weight is 384 g/mol.